The molecule has 0 saturated heterocycles. The van der Waals surface area contributed by atoms with Gasteiger partial charge in [0.2, 0.25) is 0 Å². The normalized spacial score (nSPS) is 13.5. The predicted octanol–water partition coefficient (Wildman–Crippen LogP) is 7.88. The van der Waals surface area contributed by atoms with Crippen LogP contribution in [0.15, 0.2) is 109 Å². The van der Waals surface area contributed by atoms with Gasteiger partial charge in [-0.15, -0.1) is 0 Å². The number of anilines is 1. The molecule has 1 fully saturated rings. The first-order valence-corrected chi connectivity index (χ1v) is 15.3. The fourth-order valence-electron chi connectivity index (χ4n) is 5.35. The summed E-state index contributed by atoms with van der Waals surface area (Å²) < 4.78 is 48.1. The molecule has 47 heavy (non-hydrogen) atoms. The summed E-state index contributed by atoms with van der Waals surface area (Å²) in [5, 5.41) is 19.4. The fourth-order valence-corrected chi connectivity index (χ4v) is 5.35. The number of rotatable bonds is 12. The van der Waals surface area contributed by atoms with Crippen LogP contribution in [0.3, 0.4) is 0 Å². The van der Waals surface area contributed by atoms with E-state index in [0.29, 0.717) is 30.7 Å². The van der Waals surface area contributed by atoms with Crippen LogP contribution in [0.1, 0.15) is 57.3 Å². The molecule has 4 aromatic carbocycles. The van der Waals surface area contributed by atoms with E-state index in [2.05, 4.69) is 21.8 Å². The molecule has 1 unspecified atom stereocenters. The Morgan fingerprint density at radius 3 is 2.45 bits per heavy atom. The molecule has 1 heterocycles. The van der Waals surface area contributed by atoms with Crippen molar-refractivity contribution in [1.29, 1.82) is 5.26 Å². The summed E-state index contributed by atoms with van der Waals surface area (Å²) in [6, 6.07) is 33.6. The van der Waals surface area contributed by atoms with Gasteiger partial charge < -0.3 is 15.4 Å². The Morgan fingerprint density at radius 1 is 0.936 bits per heavy atom. The van der Waals surface area contributed by atoms with Crippen molar-refractivity contribution in [2.45, 2.75) is 38.1 Å². The number of hydrogen-bond acceptors (Lipinski definition) is 5. The van der Waals surface area contributed by atoms with Gasteiger partial charge in [0.05, 0.1) is 17.3 Å². The molecule has 0 spiro atoms. The molecule has 10 heteroatoms. The maximum Gasteiger partial charge on any atom is 0.435 e. The Morgan fingerprint density at radius 2 is 1.68 bits per heavy atom. The topological polar surface area (TPSA) is 92.0 Å². The molecule has 1 amide bonds. The third-order valence-corrected chi connectivity index (χ3v) is 7.96. The van der Waals surface area contributed by atoms with Crippen LogP contribution in [0.2, 0.25) is 0 Å². The Labute approximate surface area is 270 Å². The SMILES string of the molecule is N#Cc1cccc(-n2nc(C(F)(F)F)cc2C(=O)Nc2cccc(CC(NCC3CC3)c3ccccc3OCc3ccccc3)c2)c1. The third-order valence-electron chi connectivity index (χ3n) is 7.96. The summed E-state index contributed by atoms with van der Waals surface area (Å²) in [5.74, 6) is 0.652. The minimum atomic E-state index is -4.77. The fraction of sp³-hybridized carbons (Fsp3) is 0.216. The first kappa shape index (κ1) is 31.6. The van der Waals surface area contributed by atoms with E-state index in [1.807, 2.05) is 66.7 Å². The number of carbonyl (C=O) groups excluding carboxylic acids is 1. The van der Waals surface area contributed by atoms with E-state index in [1.54, 1.807) is 12.1 Å². The number of aromatic nitrogens is 2. The van der Waals surface area contributed by atoms with Crippen molar-refractivity contribution in [2.75, 3.05) is 11.9 Å². The van der Waals surface area contributed by atoms with E-state index >= 15 is 0 Å². The van der Waals surface area contributed by atoms with Gasteiger partial charge in [-0.25, -0.2) is 4.68 Å². The number of nitrogens with zero attached hydrogens (tertiary/aromatic N) is 3. The van der Waals surface area contributed by atoms with Gasteiger partial charge in [0.1, 0.15) is 18.1 Å². The molecule has 1 atom stereocenters. The number of para-hydroxylation sites is 1. The molecule has 2 N–H and O–H groups in total. The monoisotopic (exact) mass is 635 g/mol. The van der Waals surface area contributed by atoms with Crippen molar-refractivity contribution in [2.24, 2.45) is 5.92 Å². The van der Waals surface area contributed by atoms with Gasteiger partial charge in [0, 0.05) is 23.4 Å². The van der Waals surface area contributed by atoms with Crippen LogP contribution in [0.25, 0.3) is 5.69 Å². The van der Waals surface area contributed by atoms with Crippen molar-refractivity contribution in [3.05, 3.63) is 143 Å². The van der Waals surface area contributed by atoms with Crippen LogP contribution in [-0.4, -0.2) is 22.2 Å². The smallest absolute Gasteiger partial charge is 0.435 e. The lowest BCUT2D eigenvalue weighted by atomic mass is 9.97. The summed E-state index contributed by atoms with van der Waals surface area (Å²) >= 11 is 0. The Bertz CT molecular complexity index is 1890. The number of amides is 1. The number of ether oxygens (including phenoxy) is 1. The second-order valence-corrected chi connectivity index (χ2v) is 11.6. The first-order valence-electron chi connectivity index (χ1n) is 15.3. The van der Waals surface area contributed by atoms with Gasteiger partial charge in [-0.3, -0.25) is 4.79 Å². The minimum absolute atomic E-state index is 0.0864. The standard InChI is InChI=1S/C37H32F3N5O2/c38-37(39,40)35-21-33(45(44-35)30-13-7-11-28(19-30)22-41)36(46)43-29-12-6-10-27(18-29)20-32(42-23-25-16-17-25)31-14-4-5-15-34(31)47-24-26-8-2-1-3-9-26/h1-15,18-19,21,25,32,42H,16-17,20,23-24H2,(H,43,46). The number of nitriles is 1. The summed E-state index contributed by atoms with van der Waals surface area (Å²) in [6.45, 7) is 1.30. The Kier molecular flexibility index (Phi) is 9.36. The highest BCUT2D eigenvalue weighted by atomic mass is 19.4. The van der Waals surface area contributed by atoms with Gasteiger partial charge >= 0.3 is 6.18 Å². The molecule has 7 nitrogen and oxygen atoms in total. The lowest BCUT2D eigenvalue weighted by Crippen LogP contribution is -2.26. The van der Waals surface area contributed by atoms with Crippen LogP contribution in [0.4, 0.5) is 18.9 Å². The van der Waals surface area contributed by atoms with Crippen LogP contribution >= 0.6 is 0 Å². The van der Waals surface area contributed by atoms with E-state index in [1.165, 1.54) is 37.1 Å². The summed E-state index contributed by atoms with van der Waals surface area (Å²) in [7, 11) is 0. The molecule has 1 aromatic heterocycles. The van der Waals surface area contributed by atoms with Crippen molar-refractivity contribution < 1.29 is 22.7 Å². The maximum atomic E-state index is 13.7. The largest absolute Gasteiger partial charge is 0.489 e. The second kappa shape index (κ2) is 13.9. The molecule has 1 saturated carbocycles. The summed E-state index contributed by atoms with van der Waals surface area (Å²) in [6.07, 6.45) is -1.79. The Hall–Kier alpha value is -5.40. The summed E-state index contributed by atoms with van der Waals surface area (Å²) in [5.41, 5.74) is 2.28. The number of halogens is 3. The predicted molar refractivity (Wildman–Crippen MR) is 172 cm³/mol. The molecule has 5 aromatic rings. The van der Waals surface area contributed by atoms with Crippen molar-refractivity contribution in [3.63, 3.8) is 0 Å². The average Bonchev–Trinajstić information content (AvgIpc) is 3.80. The van der Waals surface area contributed by atoms with E-state index in [-0.39, 0.29) is 23.0 Å². The second-order valence-electron chi connectivity index (χ2n) is 11.6. The van der Waals surface area contributed by atoms with E-state index in [4.69, 9.17) is 4.74 Å². The zero-order valence-corrected chi connectivity index (χ0v) is 25.4. The quantitative estimate of drug-likeness (QED) is 0.146. The number of alkyl halides is 3. The van der Waals surface area contributed by atoms with Gasteiger partial charge in [0.15, 0.2) is 5.69 Å². The lowest BCUT2D eigenvalue weighted by Gasteiger charge is -2.23. The average molecular weight is 636 g/mol. The zero-order chi connectivity index (χ0) is 32.8. The molecule has 0 bridgehead atoms. The molecule has 0 aliphatic heterocycles. The number of carbonyl (C=O) groups is 1. The molecule has 1 aliphatic carbocycles. The van der Waals surface area contributed by atoms with E-state index in [0.717, 1.165) is 33.7 Å². The maximum absolute atomic E-state index is 13.7. The molecule has 0 radical (unpaired) electrons. The number of nitrogens with one attached hydrogen (secondary N) is 2. The minimum Gasteiger partial charge on any atom is -0.489 e. The van der Waals surface area contributed by atoms with Crippen molar-refractivity contribution in [1.82, 2.24) is 15.1 Å². The highest BCUT2D eigenvalue weighted by Crippen LogP contribution is 2.33. The van der Waals surface area contributed by atoms with Crippen LogP contribution < -0.4 is 15.4 Å². The third kappa shape index (κ3) is 8.07. The van der Waals surface area contributed by atoms with Gasteiger partial charge in [-0.2, -0.15) is 23.5 Å². The lowest BCUT2D eigenvalue weighted by molar-refractivity contribution is -0.141. The first-order chi connectivity index (χ1) is 22.8. The van der Waals surface area contributed by atoms with Gasteiger partial charge in [0.25, 0.3) is 5.91 Å². The highest BCUT2D eigenvalue weighted by Gasteiger charge is 2.36. The number of benzene rings is 4. The Balaban J connectivity index is 1.24. The summed E-state index contributed by atoms with van der Waals surface area (Å²) in [4.78, 5) is 13.4. The molecular formula is C37H32F3N5O2. The van der Waals surface area contributed by atoms with Gasteiger partial charge in [-0.05, 0) is 79.3 Å². The van der Waals surface area contributed by atoms with E-state index in [9.17, 15) is 23.2 Å². The van der Waals surface area contributed by atoms with Crippen LogP contribution in [-0.2, 0) is 19.2 Å². The molecular weight excluding hydrogens is 603 g/mol. The number of hydrogen-bond donors (Lipinski definition) is 2. The van der Waals surface area contributed by atoms with Gasteiger partial charge in [-0.1, -0.05) is 66.7 Å². The molecule has 6 rings (SSSR count). The van der Waals surface area contributed by atoms with Crippen LogP contribution in [0, 0.1) is 17.2 Å². The van der Waals surface area contributed by atoms with Crippen molar-refractivity contribution >= 4 is 11.6 Å². The zero-order valence-electron chi connectivity index (χ0n) is 25.4. The highest BCUT2D eigenvalue weighted by molar-refractivity contribution is 6.03. The van der Waals surface area contributed by atoms with Crippen molar-refractivity contribution in [3.8, 4) is 17.5 Å². The molecule has 1 aliphatic rings. The van der Waals surface area contributed by atoms with Crippen LogP contribution in [0.5, 0.6) is 5.75 Å². The van der Waals surface area contributed by atoms with E-state index < -0.39 is 17.8 Å². The molecule has 238 valence electrons.